The predicted molar refractivity (Wildman–Crippen MR) is 86.4 cm³/mol. The maximum absolute atomic E-state index is 12.0. The van der Waals surface area contributed by atoms with Crippen LogP contribution in [0.25, 0.3) is 0 Å². The lowest BCUT2D eigenvalue weighted by molar-refractivity contribution is -0.0218. The van der Waals surface area contributed by atoms with Crippen LogP contribution in [0, 0.1) is 11.5 Å². The minimum atomic E-state index is -1.63. The fraction of sp³-hybridized carbons (Fsp3) is 0.600. The van der Waals surface area contributed by atoms with Crippen molar-refractivity contribution in [1.82, 2.24) is 9.55 Å². The average molecular weight is 322 g/mol. The molecule has 0 aliphatic carbocycles. The van der Waals surface area contributed by atoms with Crippen LogP contribution in [0.2, 0.25) is 19.6 Å². The molecule has 0 aromatic carbocycles. The Morgan fingerprint density at radius 2 is 2.14 bits per heavy atom. The van der Waals surface area contributed by atoms with Crippen molar-refractivity contribution in [2.75, 3.05) is 0 Å². The number of aliphatic hydroxyl groups excluding tert-OH is 1. The summed E-state index contributed by atoms with van der Waals surface area (Å²) in [7, 11) is -1.63. The third-order valence-corrected chi connectivity index (χ3v) is 4.33. The van der Waals surface area contributed by atoms with Gasteiger partial charge < -0.3 is 9.84 Å². The van der Waals surface area contributed by atoms with E-state index < -0.39 is 31.7 Å². The highest BCUT2D eigenvalue weighted by Crippen LogP contribution is 2.29. The smallest absolute Gasteiger partial charge is 0.330 e. The highest BCUT2D eigenvalue weighted by Gasteiger charge is 2.34. The van der Waals surface area contributed by atoms with Gasteiger partial charge in [0.05, 0.1) is 12.2 Å². The molecule has 120 valence electrons. The molecule has 2 heterocycles. The largest absolute Gasteiger partial charge is 0.390 e. The zero-order valence-corrected chi connectivity index (χ0v) is 14.3. The summed E-state index contributed by atoms with van der Waals surface area (Å²) in [5.74, 6) is 2.87. The molecule has 7 heteroatoms. The van der Waals surface area contributed by atoms with Crippen molar-refractivity contribution in [3.63, 3.8) is 0 Å². The molecule has 0 bridgehead atoms. The Balaban J connectivity index is 2.39. The lowest BCUT2D eigenvalue weighted by Crippen LogP contribution is -2.33. The van der Waals surface area contributed by atoms with Crippen molar-refractivity contribution < 1.29 is 9.84 Å². The zero-order valence-electron chi connectivity index (χ0n) is 13.3. The van der Waals surface area contributed by atoms with Crippen LogP contribution in [0.1, 0.15) is 31.6 Å². The van der Waals surface area contributed by atoms with Gasteiger partial charge in [-0.3, -0.25) is 14.3 Å². The van der Waals surface area contributed by atoms with Gasteiger partial charge in [-0.25, -0.2) is 4.79 Å². The van der Waals surface area contributed by atoms with Crippen molar-refractivity contribution in [2.45, 2.75) is 57.8 Å². The molecule has 0 saturated carbocycles. The molecular weight excluding hydrogens is 300 g/mol. The highest BCUT2D eigenvalue weighted by molar-refractivity contribution is 6.83. The summed E-state index contributed by atoms with van der Waals surface area (Å²) in [5, 5.41) is 9.91. The summed E-state index contributed by atoms with van der Waals surface area (Å²) in [6.07, 6.45) is 0.954. The molecule has 1 aliphatic heterocycles. The van der Waals surface area contributed by atoms with Gasteiger partial charge >= 0.3 is 5.69 Å². The van der Waals surface area contributed by atoms with E-state index in [9.17, 15) is 14.7 Å². The van der Waals surface area contributed by atoms with E-state index in [0.29, 0.717) is 12.8 Å². The van der Waals surface area contributed by atoms with E-state index in [1.807, 2.05) is 6.92 Å². The van der Waals surface area contributed by atoms with Crippen molar-refractivity contribution >= 4 is 8.07 Å². The first-order valence-corrected chi connectivity index (χ1v) is 10.9. The molecule has 2 rings (SSSR count). The van der Waals surface area contributed by atoms with Crippen molar-refractivity contribution in [2.24, 2.45) is 0 Å². The molecule has 1 aromatic rings. The van der Waals surface area contributed by atoms with E-state index in [1.165, 1.54) is 10.8 Å². The van der Waals surface area contributed by atoms with Crippen molar-refractivity contribution in [1.29, 1.82) is 0 Å². The van der Waals surface area contributed by atoms with Gasteiger partial charge in [-0.15, -0.1) is 5.54 Å². The van der Waals surface area contributed by atoms with Gasteiger partial charge in [0, 0.05) is 12.6 Å². The fourth-order valence-corrected chi connectivity index (χ4v) is 2.81. The molecule has 2 N–H and O–H groups in total. The summed E-state index contributed by atoms with van der Waals surface area (Å²) in [4.78, 5) is 26.1. The minimum Gasteiger partial charge on any atom is -0.390 e. The first-order chi connectivity index (χ1) is 10.2. The number of ether oxygens (including phenoxy) is 1. The summed E-state index contributed by atoms with van der Waals surface area (Å²) >= 11 is 0. The number of hydrogen-bond acceptors (Lipinski definition) is 4. The summed E-state index contributed by atoms with van der Waals surface area (Å²) in [6.45, 7) is 8.14. The monoisotopic (exact) mass is 322 g/mol. The third kappa shape index (κ3) is 3.77. The molecule has 22 heavy (non-hydrogen) atoms. The Morgan fingerprint density at radius 1 is 1.45 bits per heavy atom. The maximum Gasteiger partial charge on any atom is 0.330 e. The Kier molecular flexibility index (Phi) is 4.75. The van der Waals surface area contributed by atoms with E-state index in [4.69, 9.17) is 4.74 Å². The molecule has 0 amide bonds. The van der Waals surface area contributed by atoms with Gasteiger partial charge in [-0.2, -0.15) is 0 Å². The second kappa shape index (κ2) is 6.24. The van der Waals surface area contributed by atoms with E-state index >= 15 is 0 Å². The highest BCUT2D eigenvalue weighted by atomic mass is 28.3. The summed E-state index contributed by atoms with van der Waals surface area (Å²) < 4.78 is 7.00. The number of aromatic amines is 1. The molecule has 1 fully saturated rings. The first-order valence-electron chi connectivity index (χ1n) is 7.43. The lowest BCUT2D eigenvalue weighted by atomic mass is 10.1. The van der Waals surface area contributed by atoms with Crippen LogP contribution < -0.4 is 11.2 Å². The molecule has 0 radical (unpaired) electrons. The van der Waals surface area contributed by atoms with Crippen LogP contribution in [-0.4, -0.2) is 34.9 Å². The second-order valence-electron chi connectivity index (χ2n) is 6.55. The molecule has 6 nitrogen and oxygen atoms in total. The van der Waals surface area contributed by atoms with Gasteiger partial charge in [0.1, 0.15) is 19.9 Å². The van der Waals surface area contributed by atoms with E-state index in [0.717, 1.165) is 0 Å². The molecule has 1 saturated heterocycles. The summed E-state index contributed by atoms with van der Waals surface area (Å²) in [5.41, 5.74) is 2.33. The quantitative estimate of drug-likeness (QED) is 0.624. The lowest BCUT2D eigenvalue weighted by Gasteiger charge is -2.14. The van der Waals surface area contributed by atoms with Crippen LogP contribution in [-0.2, 0) is 4.74 Å². The van der Waals surface area contributed by atoms with Gasteiger partial charge in [0.2, 0.25) is 0 Å². The average Bonchev–Trinajstić information content (AvgIpc) is 2.77. The number of H-pyrrole nitrogens is 1. The normalized spacial score (nSPS) is 24.9. The Hall–Kier alpha value is -1.62. The number of nitrogens with one attached hydrogen (secondary N) is 1. The third-order valence-electron chi connectivity index (χ3n) is 3.46. The Labute approximate surface area is 130 Å². The Morgan fingerprint density at radius 3 is 2.68 bits per heavy atom. The number of rotatable bonds is 2. The van der Waals surface area contributed by atoms with Crippen LogP contribution in [0.4, 0.5) is 0 Å². The SMILES string of the molecule is CC[C@H]1O[C@@H](n2cc(C#C[Si](C)(C)C)c(=O)[nH]c2=O)CC1O. The first kappa shape index (κ1) is 16.7. The standard InChI is InChI=1S/C15H22N2O4Si/c1-5-12-11(18)8-13(21-12)17-9-10(6-7-22(2,3)4)14(19)16-15(17)20/h9,11-13,18H,5,8H2,1-4H3,(H,16,19,20)/t11?,12-,13-/m1/s1. The van der Waals surface area contributed by atoms with Gasteiger partial charge in [-0.05, 0) is 6.42 Å². The molecular formula is C15H22N2O4Si. The fourth-order valence-electron chi connectivity index (χ4n) is 2.30. The van der Waals surface area contributed by atoms with Crippen LogP contribution >= 0.6 is 0 Å². The van der Waals surface area contributed by atoms with Gasteiger partial charge in [-0.1, -0.05) is 32.5 Å². The molecule has 3 atom stereocenters. The predicted octanol–water partition coefficient (Wildman–Crippen LogP) is 0.824. The van der Waals surface area contributed by atoms with Gasteiger partial charge in [0.25, 0.3) is 5.56 Å². The van der Waals surface area contributed by atoms with Gasteiger partial charge in [0.15, 0.2) is 0 Å². The van der Waals surface area contributed by atoms with E-state index in [-0.39, 0.29) is 11.7 Å². The Bertz CT molecular complexity index is 720. The molecule has 1 aromatic heterocycles. The molecule has 1 aliphatic rings. The zero-order chi connectivity index (χ0) is 16.5. The number of hydrogen-bond donors (Lipinski definition) is 2. The molecule has 1 unspecified atom stereocenters. The second-order valence-corrected chi connectivity index (χ2v) is 11.3. The number of nitrogens with zero attached hydrogens (tertiary/aromatic N) is 1. The molecule has 0 spiro atoms. The summed E-state index contributed by atoms with van der Waals surface area (Å²) in [6, 6.07) is 0. The van der Waals surface area contributed by atoms with E-state index in [2.05, 4.69) is 36.1 Å². The number of aromatic nitrogens is 2. The van der Waals surface area contributed by atoms with Crippen LogP contribution in [0.5, 0.6) is 0 Å². The maximum atomic E-state index is 12.0. The minimum absolute atomic E-state index is 0.250. The van der Waals surface area contributed by atoms with Crippen molar-refractivity contribution in [3.8, 4) is 11.5 Å². The van der Waals surface area contributed by atoms with Crippen molar-refractivity contribution in [3.05, 3.63) is 32.6 Å². The number of aliphatic hydroxyl groups is 1. The van der Waals surface area contributed by atoms with Crippen LogP contribution in [0.15, 0.2) is 15.8 Å². The topological polar surface area (TPSA) is 84.3 Å². The van der Waals surface area contributed by atoms with E-state index in [1.54, 1.807) is 0 Å². The van der Waals surface area contributed by atoms with Crippen LogP contribution in [0.3, 0.4) is 0 Å².